The molecular formula is C24H23N3O7. The third-order valence-electron chi connectivity index (χ3n) is 6.14. The maximum atomic E-state index is 13.1. The number of nitrogens with one attached hydrogen (secondary N) is 2. The molecule has 0 saturated carbocycles. The third kappa shape index (κ3) is 3.47. The molecule has 10 nitrogen and oxygen atoms in total. The van der Waals surface area contributed by atoms with Crippen LogP contribution in [0.25, 0.3) is 11.0 Å². The zero-order valence-electron chi connectivity index (χ0n) is 18.6. The highest BCUT2D eigenvalue weighted by molar-refractivity contribution is 6.08. The number of fused-ring (bicyclic) bond motifs is 2. The Morgan fingerprint density at radius 2 is 2.00 bits per heavy atom. The summed E-state index contributed by atoms with van der Waals surface area (Å²) in [6, 6.07) is 11.2. The molecule has 1 fully saturated rings. The van der Waals surface area contributed by atoms with Crippen LogP contribution in [0, 0.1) is 0 Å². The second-order valence-electron chi connectivity index (χ2n) is 8.21. The number of hydrogen-bond acceptors (Lipinski definition) is 7. The third-order valence-corrected chi connectivity index (χ3v) is 6.14. The first kappa shape index (κ1) is 21.9. The van der Waals surface area contributed by atoms with E-state index in [4.69, 9.17) is 13.9 Å². The van der Waals surface area contributed by atoms with Gasteiger partial charge in [0, 0.05) is 29.7 Å². The highest BCUT2D eigenvalue weighted by Crippen LogP contribution is 2.35. The fraction of sp³-hybridized carbons (Fsp3) is 0.292. The van der Waals surface area contributed by atoms with Crippen molar-refractivity contribution in [2.24, 2.45) is 0 Å². The number of urea groups is 1. The number of nitrogens with zero attached hydrogens (tertiary/aromatic N) is 1. The zero-order valence-corrected chi connectivity index (χ0v) is 18.6. The van der Waals surface area contributed by atoms with Gasteiger partial charge in [-0.05, 0) is 36.8 Å². The lowest BCUT2D eigenvalue weighted by atomic mass is 9.95. The lowest BCUT2D eigenvalue weighted by Gasteiger charge is -2.29. The molecule has 2 aliphatic rings. The molecule has 2 atom stereocenters. The van der Waals surface area contributed by atoms with Crippen molar-refractivity contribution >= 4 is 28.8 Å². The van der Waals surface area contributed by atoms with Crippen LogP contribution >= 0.6 is 0 Å². The summed E-state index contributed by atoms with van der Waals surface area (Å²) in [6.45, 7) is 2.24. The van der Waals surface area contributed by atoms with Crippen molar-refractivity contribution < 1.29 is 33.4 Å². The van der Waals surface area contributed by atoms with Crippen LogP contribution in [0.15, 0.2) is 46.9 Å². The number of imide groups is 1. The lowest BCUT2D eigenvalue weighted by molar-refractivity contribution is -0.125. The van der Waals surface area contributed by atoms with Crippen molar-refractivity contribution in [1.29, 1.82) is 0 Å². The molecule has 2 aliphatic heterocycles. The Morgan fingerprint density at radius 3 is 2.71 bits per heavy atom. The van der Waals surface area contributed by atoms with E-state index in [0.29, 0.717) is 34.5 Å². The van der Waals surface area contributed by atoms with E-state index in [1.807, 2.05) is 0 Å². The predicted molar refractivity (Wildman–Crippen MR) is 119 cm³/mol. The number of carbonyl (C=O) groups excluding carboxylic acids is 3. The highest BCUT2D eigenvalue weighted by Gasteiger charge is 2.53. The fourth-order valence-corrected chi connectivity index (χ4v) is 4.40. The van der Waals surface area contributed by atoms with Crippen LogP contribution in [0.1, 0.15) is 40.5 Å². The molecule has 0 aliphatic carbocycles. The summed E-state index contributed by atoms with van der Waals surface area (Å²) in [7, 11) is 1.52. The van der Waals surface area contributed by atoms with Gasteiger partial charge < -0.3 is 29.2 Å². The molecule has 1 aromatic heterocycles. The largest absolute Gasteiger partial charge is 0.497 e. The number of hydrogen-bond donors (Lipinski definition) is 3. The Balaban J connectivity index is 1.51. The van der Waals surface area contributed by atoms with Crippen LogP contribution in [0.2, 0.25) is 0 Å². The van der Waals surface area contributed by atoms with Gasteiger partial charge in [-0.1, -0.05) is 18.2 Å². The van der Waals surface area contributed by atoms with Crippen LogP contribution in [0.4, 0.5) is 4.79 Å². The monoisotopic (exact) mass is 465 g/mol. The molecule has 10 heteroatoms. The van der Waals surface area contributed by atoms with Gasteiger partial charge in [0.1, 0.15) is 17.1 Å². The molecule has 34 heavy (non-hydrogen) atoms. The Kier molecular flexibility index (Phi) is 5.26. The Bertz CT molecular complexity index is 1320. The molecular weight excluding hydrogens is 442 g/mol. The number of rotatable bonds is 7. The number of benzene rings is 2. The van der Waals surface area contributed by atoms with Gasteiger partial charge in [0.25, 0.3) is 11.8 Å². The minimum atomic E-state index is -1.61. The average Bonchev–Trinajstić information content (AvgIpc) is 3.47. The Morgan fingerprint density at radius 1 is 1.18 bits per heavy atom. The molecule has 1 saturated heterocycles. The normalized spacial score (nSPS) is 20.4. The van der Waals surface area contributed by atoms with Crippen molar-refractivity contribution in [2.75, 3.05) is 20.3 Å². The van der Waals surface area contributed by atoms with Gasteiger partial charge in [-0.3, -0.25) is 14.9 Å². The molecule has 176 valence electrons. The number of carbonyl (C=O) groups is 3. The fourth-order valence-electron chi connectivity index (χ4n) is 4.40. The van der Waals surface area contributed by atoms with E-state index in [9.17, 15) is 19.5 Å². The number of aliphatic hydroxyl groups excluding tert-OH is 1. The van der Waals surface area contributed by atoms with Crippen LogP contribution < -0.4 is 15.4 Å². The van der Waals surface area contributed by atoms with Gasteiger partial charge >= 0.3 is 6.03 Å². The van der Waals surface area contributed by atoms with Crippen molar-refractivity contribution in [3.8, 4) is 5.75 Å². The number of furan rings is 1. The molecule has 3 N–H and O–H groups in total. The van der Waals surface area contributed by atoms with E-state index in [0.717, 1.165) is 5.56 Å². The molecule has 2 unspecified atom stereocenters. The first-order chi connectivity index (χ1) is 16.3. The molecule has 0 radical (unpaired) electrons. The maximum absolute atomic E-state index is 13.1. The summed E-state index contributed by atoms with van der Waals surface area (Å²) in [5.41, 5.74) is 0.559. The summed E-state index contributed by atoms with van der Waals surface area (Å²) in [6.07, 6.45) is -1.12. The van der Waals surface area contributed by atoms with Crippen LogP contribution in [-0.4, -0.2) is 48.1 Å². The van der Waals surface area contributed by atoms with Crippen molar-refractivity contribution in [2.45, 2.75) is 25.3 Å². The second kappa shape index (κ2) is 8.15. The van der Waals surface area contributed by atoms with Crippen molar-refractivity contribution in [3.63, 3.8) is 0 Å². The van der Waals surface area contributed by atoms with Crippen molar-refractivity contribution in [1.82, 2.24) is 15.5 Å². The van der Waals surface area contributed by atoms with E-state index in [1.165, 1.54) is 12.0 Å². The van der Waals surface area contributed by atoms with Crippen LogP contribution in [0.5, 0.6) is 5.75 Å². The Labute approximate surface area is 194 Å². The van der Waals surface area contributed by atoms with Gasteiger partial charge in [-0.25, -0.2) is 4.79 Å². The number of methoxy groups -OCH3 is 1. The average molecular weight is 465 g/mol. The first-order valence-electron chi connectivity index (χ1n) is 10.8. The summed E-state index contributed by atoms with van der Waals surface area (Å²) in [4.78, 5) is 39.8. The van der Waals surface area contributed by atoms with Gasteiger partial charge in [0.05, 0.1) is 13.7 Å². The molecule has 3 heterocycles. The summed E-state index contributed by atoms with van der Waals surface area (Å²) in [5.74, 6) is -0.166. The lowest BCUT2D eigenvalue weighted by Crippen LogP contribution is -2.52. The second-order valence-corrected chi connectivity index (χ2v) is 8.21. The molecule has 5 rings (SSSR count). The molecule has 2 aromatic carbocycles. The minimum Gasteiger partial charge on any atom is -0.497 e. The van der Waals surface area contributed by atoms with E-state index < -0.39 is 23.8 Å². The molecule has 0 bridgehead atoms. The molecule has 3 aromatic rings. The van der Waals surface area contributed by atoms with E-state index in [-0.39, 0.29) is 24.8 Å². The van der Waals surface area contributed by atoms with Gasteiger partial charge in [-0.15, -0.1) is 0 Å². The summed E-state index contributed by atoms with van der Waals surface area (Å²) < 4.78 is 16.4. The number of ether oxygens (including phenoxy) is 2. The van der Waals surface area contributed by atoms with Gasteiger partial charge in [-0.2, -0.15) is 0 Å². The first-order valence-corrected chi connectivity index (χ1v) is 10.8. The van der Waals surface area contributed by atoms with E-state index >= 15 is 0 Å². The predicted octanol–water partition coefficient (Wildman–Crippen LogP) is 2.16. The Hall–Kier alpha value is -3.89. The number of amides is 4. The minimum absolute atomic E-state index is 0.130. The smallest absolute Gasteiger partial charge is 0.322 e. The zero-order chi connectivity index (χ0) is 24.0. The highest BCUT2D eigenvalue weighted by atomic mass is 16.6. The van der Waals surface area contributed by atoms with E-state index in [1.54, 1.807) is 49.4 Å². The molecule has 0 spiro atoms. The van der Waals surface area contributed by atoms with E-state index in [2.05, 4.69) is 10.6 Å². The van der Waals surface area contributed by atoms with Gasteiger partial charge in [0.2, 0.25) is 0 Å². The van der Waals surface area contributed by atoms with Crippen molar-refractivity contribution in [3.05, 3.63) is 64.9 Å². The standard InChI is InChI=1S/C24H23N3O7/c1-3-33-21(29)14-5-4-13-9-19(34-18(13)8-14)24(22(30)25-23(31)26-24)12-27-11-15-6-7-16(32-2)10-17(15)20(27)28/h4-10,21,29H,3,11-12H2,1-2H3,(H2,25,26,30,31). The maximum Gasteiger partial charge on any atom is 0.322 e. The summed E-state index contributed by atoms with van der Waals surface area (Å²) in [5, 5.41) is 15.7. The SMILES string of the molecule is CCOC(O)c1ccc2cc(C3(CN4Cc5ccc(OC)cc5C4=O)NC(=O)NC3=O)oc2c1. The van der Waals surface area contributed by atoms with Crippen LogP contribution in [0.3, 0.4) is 0 Å². The van der Waals surface area contributed by atoms with Crippen LogP contribution in [-0.2, 0) is 21.6 Å². The molecule has 4 amide bonds. The quantitative estimate of drug-likeness (QED) is 0.360. The summed E-state index contributed by atoms with van der Waals surface area (Å²) >= 11 is 0. The topological polar surface area (TPSA) is 130 Å². The van der Waals surface area contributed by atoms with Gasteiger partial charge in [0.15, 0.2) is 11.8 Å². The number of aliphatic hydroxyl groups is 1.